The van der Waals surface area contributed by atoms with Gasteiger partial charge in [0.2, 0.25) is 0 Å². The van der Waals surface area contributed by atoms with Crippen molar-refractivity contribution in [3.63, 3.8) is 0 Å². The van der Waals surface area contributed by atoms with Gasteiger partial charge in [0.1, 0.15) is 6.61 Å². The van der Waals surface area contributed by atoms with Crippen LogP contribution in [0.15, 0.2) is 0 Å². The Hall–Kier alpha value is 0.660. The van der Waals surface area contributed by atoms with Crippen LogP contribution >= 0.6 is 44.5 Å². The van der Waals surface area contributed by atoms with Crippen LogP contribution in [0.2, 0.25) is 0 Å². The Balaban J connectivity index is 2.95. The molecular weight excluding hydrogens is 325 g/mol. The maximum atomic E-state index is 10.5. The van der Waals surface area contributed by atoms with E-state index in [0.717, 1.165) is 18.1 Å². The Morgan fingerprint density at radius 2 is 2.15 bits per heavy atom. The van der Waals surface area contributed by atoms with Crippen molar-refractivity contribution >= 4 is 50.6 Å². The van der Waals surface area contributed by atoms with Crippen LogP contribution in [-0.2, 0) is 9.47 Å². The lowest BCUT2D eigenvalue weighted by Crippen LogP contribution is -2.06. The number of hydrogen-bond donors (Lipinski definition) is 1. The highest BCUT2D eigenvalue weighted by Crippen LogP contribution is 2.19. The van der Waals surface area contributed by atoms with Gasteiger partial charge in [-0.1, -0.05) is 21.6 Å². The summed E-state index contributed by atoms with van der Waals surface area (Å²) in [5, 5.41) is 0. The third kappa shape index (κ3) is 10.6. The molecule has 0 heterocycles. The van der Waals surface area contributed by atoms with Crippen LogP contribution in [0.5, 0.6) is 0 Å². The van der Waals surface area contributed by atoms with Gasteiger partial charge in [0.05, 0.1) is 7.11 Å². The van der Waals surface area contributed by atoms with E-state index >= 15 is 0 Å². The van der Waals surface area contributed by atoms with Crippen molar-refractivity contribution in [2.24, 2.45) is 0 Å². The Bertz CT molecular complexity index is 139. The first-order chi connectivity index (χ1) is 6.31. The summed E-state index contributed by atoms with van der Waals surface area (Å²) < 4.78 is 12.0. The van der Waals surface area contributed by atoms with E-state index in [2.05, 4.69) is 35.9 Å². The molecular formula is C6H12INO3S2. The monoisotopic (exact) mass is 337 g/mol. The number of methoxy groups -OCH3 is 1. The molecule has 0 aromatic carbocycles. The molecule has 0 aromatic rings. The van der Waals surface area contributed by atoms with Gasteiger partial charge in [0, 0.05) is 40.9 Å². The fourth-order valence-corrected chi connectivity index (χ4v) is 2.79. The van der Waals surface area contributed by atoms with E-state index in [-0.39, 0.29) is 0 Å². The zero-order valence-electron chi connectivity index (χ0n) is 7.25. The van der Waals surface area contributed by atoms with Gasteiger partial charge in [-0.3, -0.25) is 3.53 Å². The highest BCUT2D eigenvalue weighted by atomic mass is 127. The molecule has 0 rings (SSSR count). The van der Waals surface area contributed by atoms with E-state index in [0.29, 0.717) is 6.61 Å². The molecule has 0 bridgehead atoms. The molecule has 0 fully saturated rings. The van der Waals surface area contributed by atoms with Gasteiger partial charge in [0.15, 0.2) is 0 Å². The number of halogens is 1. The first-order valence-corrected chi connectivity index (χ1v) is 7.16. The first kappa shape index (κ1) is 13.7. The van der Waals surface area contributed by atoms with E-state index < -0.39 is 6.16 Å². The normalized spacial score (nSPS) is 9.69. The molecule has 0 radical (unpaired) electrons. The minimum Gasteiger partial charge on any atom is -0.438 e. The largest absolute Gasteiger partial charge is 0.508 e. The van der Waals surface area contributed by atoms with Gasteiger partial charge in [-0.2, -0.15) is 0 Å². The number of nitrogens with one attached hydrogen (secondary N) is 1. The van der Waals surface area contributed by atoms with Crippen molar-refractivity contribution < 1.29 is 14.3 Å². The van der Waals surface area contributed by atoms with Crippen LogP contribution in [0.25, 0.3) is 0 Å². The zero-order valence-corrected chi connectivity index (χ0v) is 11.0. The molecule has 0 aromatic heterocycles. The summed E-state index contributed by atoms with van der Waals surface area (Å²) >= 11 is 2.11. The second-order valence-electron chi connectivity index (χ2n) is 1.83. The lowest BCUT2D eigenvalue weighted by molar-refractivity contribution is 0.0779. The molecule has 78 valence electrons. The van der Waals surface area contributed by atoms with Crippen molar-refractivity contribution in [3.8, 4) is 0 Å². The molecule has 0 saturated carbocycles. The molecule has 0 spiro atoms. The Kier molecular flexibility index (Phi) is 11.3. The molecule has 4 nitrogen and oxygen atoms in total. The summed E-state index contributed by atoms with van der Waals surface area (Å²) in [6, 6.07) is 0. The number of hydrogen-bond acceptors (Lipinski definition) is 6. The lowest BCUT2D eigenvalue weighted by Gasteiger charge is -2.02. The SMILES string of the molecule is COC(=O)OCCSSCCNI. The fourth-order valence-electron chi connectivity index (χ4n) is 0.416. The minimum absolute atomic E-state index is 0.405. The molecule has 0 unspecified atom stereocenters. The van der Waals surface area contributed by atoms with Crippen molar-refractivity contribution in [2.45, 2.75) is 0 Å². The summed E-state index contributed by atoms with van der Waals surface area (Å²) in [7, 11) is 4.74. The number of rotatable bonds is 7. The average Bonchev–Trinajstić information content (AvgIpc) is 2.16. The topological polar surface area (TPSA) is 47.6 Å². The van der Waals surface area contributed by atoms with Crippen LogP contribution < -0.4 is 3.53 Å². The van der Waals surface area contributed by atoms with E-state index in [9.17, 15) is 4.79 Å². The summed E-state index contributed by atoms with van der Waals surface area (Å²) in [4.78, 5) is 10.5. The van der Waals surface area contributed by atoms with Crippen LogP contribution in [0.1, 0.15) is 0 Å². The van der Waals surface area contributed by atoms with Crippen LogP contribution in [0.3, 0.4) is 0 Å². The Morgan fingerprint density at radius 1 is 1.46 bits per heavy atom. The maximum absolute atomic E-state index is 10.5. The van der Waals surface area contributed by atoms with E-state index in [1.165, 1.54) is 7.11 Å². The highest BCUT2D eigenvalue weighted by Gasteiger charge is 1.98. The summed E-state index contributed by atoms with van der Waals surface area (Å²) in [5.41, 5.74) is 0. The molecule has 0 amide bonds. The summed E-state index contributed by atoms with van der Waals surface area (Å²) in [5.74, 6) is 1.84. The molecule has 0 atom stereocenters. The zero-order chi connectivity index (χ0) is 9.94. The molecule has 7 heteroatoms. The predicted molar refractivity (Wildman–Crippen MR) is 65.3 cm³/mol. The number of carbonyl (C=O) groups excluding carboxylic acids is 1. The van der Waals surface area contributed by atoms with Crippen molar-refractivity contribution in [1.29, 1.82) is 0 Å². The van der Waals surface area contributed by atoms with Gasteiger partial charge in [-0.25, -0.2) is 4.79 Å². The van der Waals surface area contributed by atoms with Gasteiger partial charge < -0.3 is 9.47 Å². The Labute approximate surface area is 99.8 Å². The Morgan fingerprint density at radius 3 is 2.77 bits per heavy atom. The predicted octanol–water partition coefficient (Wildman–Crippen LogP) is 2.09. The van der Waals surface area contributed by atoms with Crippen molar-refractivity contribution in [2.75, 3.05) is 31.8 Å². The van der Waals surface area contributed by atoms with Gasteiger partial charge in [0.25, 0.3) is 0 Å². The van der Waals surface area contributed by atoms with Gasteiger partial charge in [-0.15, -0.1) is 0 Å². The van der Waals surface area contributed by atoms with E-state index in [1.54, 1.807) is 21.6 Å². The average molecular weight is 337 g/mol. The molecule has 13 heavy (non-hydrogen) atoms. The van der Waals surface area contributed by atoms with E-state index in [1.807, 2.05) is 0 Å². The molecule has 0 aliphatic rings. The minimum atomic E-state index is -0.612. The number of ether oxygens (including phenoxy) is 2. The maximum Gasteiger partial charge on any atom is 0.508 e. The van der Waals surface area contributed by atoms with Crippen LogP contribution in [0.4, 0.5) is 4.79 Å². The summed E-state index contributed by atoms with van der Waals surface area (Å²) in [6.45, 7) is 1.39. The van der Waals surface area contributed by atoms with Gasteiger partial charge in [-0.05, 0) is 0 Å². The molecule has 0 aliphatic carbocycles. The van der Waals surface area contributed by atoms with Crippen LogP contribution in [-0.4, -0.2) is 37.9 Å². The third-order valence-corrected chi connectivity index (χ3v) is 3.83. The van der Waals surface area contributed by atoms with Crippen LogP contribution in [0, 0.1) is 0 Å². The smallest absolute Gasteiger partial charge is 0.438 e. The first-order valence-electron chi connectivity index (χ1n) is 3.60. The highest BCUT2D eigenvalue weighted by molar-refractivity contribution is 14.1. The quantitative estimate of drug-likeness (QED) is 0.252. The number of carbonyl (C=O) groups is 1. The molecule has 0 saturated heterocycles. The second-order valence-corrected chi connectivity index (χ2v) is 5.30. The second kappa shape index (κ2) is 10.7. The third-order valence-electron chi connectivity index (χ3n) is 0.916. The molecule has 1 N–H and O–H groups in total. The fraction of sp³-hybridized carbons (Fsp3) is 0.833. The standard InChI is InChI=1S/C6H12INO3S2/c1-10-6(9)11-3-5-13-12-4-2-8-7/h8H,2-5H2,1H3. The van der Waals surface area contributed by atoms with E-state index in [4.69, 9.17) is 0 Å². The van der Waals surface area contributed by atoms with Crippen molar-refractivity contribution in [3.05, 3.63) is 0 Å². The summed E-state index contributed by atoms with van der Waals surface area (Å²) in [6.07, 6.45) is -0.612. The lowest BCUT2D eigenvalue weighted by atomic mass is 10.8. The molecule has 0 aliphatic heterocycles. The van der Waals surface area contributed by atoms with Gasteiger partial charge >= 0.3 is 6.16 Å². The van der Waals surface area contributed by atoms with Crippen molar-refractivity contribution in [1.82, 2.24) is 3.53 Å².